The first kappa shape index (κ1) is 85.3. The summed E-state index contributed by atoms with van der Waals surface area (Å²) in [5.41, 5.74) is 0.412. The van der Waals surface area contributed by atoms with Gasteiger partial charge in [-0.25, -0.2) is 0 Å². The third-order valence-electron chi connectivity index (χ3n) is 15.4. The van der Waals surface area contributed by atoms with Gasteiger partial charge in [0.2, 0.25) is 17.7 Å². The molecule has 20 heteroatoms. The van der Waals surface area contributed by atoms with Crippen molar-refractivity contribution in [1.82, 2.24) is 30.7 Å². The zero-order chi connectivity index (χ0) is 68.6. The number of unbranched alkanes of at least 4 members (excludes halogenated alkanes) is 32. The van der Waals surface area contributed by atoms with Crippen LogP contribution in [-0.2, 0) is 56.1 Å². The highest BCUT2D eigenvalue weighted by molar-refractivity contribution is 5.88. The maximum Gasteiger partial charge on any atom is 0.317 e. The van der Waals surface area contributed by atoms with Gasteiger partial charge in [0, 0.05) is 76.8 Å². The van der Waals surface area contributed by atoms with Gasteiger partial charge in [-0.3, -0.25) is 48.3 Å². The Kier molecular flexibility index (Phi) is 56.7. The number of amides is 3. The third kappa shape index (κ3) is 56.8. The summed E-state index contributed by atoms with van der Waals surface area (Å²) in [6.45, 7) is 2.26. The lowest BCUT2D eigenvalue weighted by Gasteiger charge is -2.21. The minimum Gasteiger partial charge on any atom is -0.491 e. The Morgan fingerprint density at radius 2 is 0.755 bits per heavy atom. The summed E-state index contributed by atoms with van der Waals surface area (Å²) < 4.78 is 17.2. The molecule has 20 nitrogen and oxygen atoms in total. The van der Waals surface area contributed by atoms with Gasteiger partial charge in [0.1, 0.15) is 18.4 Å². The van der Waals surface area contributed by atoms with E-state index in [-0.39, 0.29) is 94.6 Å². The Hall–Kier alpha value is -6.68. The van der Waals surface area contributed by atoms with E-state index >= 15 is 0 Å². The van der Waals surface area contributed by atoms with Crippen LogP contribution in [0.25, 0.3) is 0 Å². The topological polar surface area (TPSA) is 284 Å². The molecule has 94 heavy (non-hydrogen) atoms. The standard InChI is InChI=1S/C74H118N6O14/c1-3-5-7-9-11-13-15-17-19-21-23-25-27-29-31-33-35-37-39-41-43-45-47-68(81)76-57-67(78-69(82)48-46-44-42-40-38-36-34-32-30-28-26-24-22-20-18-16-14-12-10-8-6-4-2)74(91)75-49-50-92-51-52-93-53-54-94-66-55-64(58-79(60-70(83)84)61-71(85)86)77-65(56-66)59-80(62-72(87)88)63-73(89)90/h55-56,67H,3-24,33-54,57-63H2,1-2H3,(H,75,91)(H,76,81)(H,78,82)(H,83,84)(H,85,86)(H,87,88)(H,89,90). The maximum atomic E-state index is 13.5. The van der Waals surface area contributed by atoms with Crippen LogP contribution < -0.4 is 20.7 Å². The summed E-state index contributed by atoms with van der Waals surface area (Å²) in [7, 11) is 0. The average Bonchev–Trinajstić information content (AvgIpc) is 0.958. The number of aliphatic carboxylic acids is 4. The van der Waals surface area contributed by atoms with E-state index in [2.05, 4.69) is 82.1 Å². The highest BCUT2D eigenvalue weighted by atomic mass is 16.5. The monoisotopic (exact) mass is 1310 g/mol. The number of carboxylic acid groups (broad SMARTS) is 4. The van der Waals surface area contributed by atoms with Gasteiger partial charge in [0.25, 0.3) is 0 Å². The number of carboxylic acids is 4. The molecule has 528 valence electrons. The first-order valence-electron chi connectivity index (χ1n) is 35.6. The van der Waals surface area contributed by atoms with Crippen LogP contribution in [0.3, 0.4) is 0 Å². The second-order valence-corrected chi connectivity index (χ2v) is 24.3. The minimum absolute atomic E-state index is 0.0176. The third-order valence-corrected chi connectivity index (χ3v) is 15.4. The van der Waals surface area contributed by atoms with Gasteiger partial charge in [-0.1, -0.05) is 204 Å². The molecular weight excluding hydrogens is 1200 g/mol. The Morgan fingerprint density at radius 1 is 0.426 bits per heavy atom. The van der Waals surface area contributed by atoms with Crippen LogP contribution in [0.2, 0.25) is 0 Å². The van der Waals surface area contributed by atoms with E-state index in [4.69, 9.17) is 14.2 Å². The van der Waals surface area contributed by atoms with Gasteiger partial charge in [-0.15, -0.1) is 0 Å². The number of carbonyl (C=O) groups is 7. The van der Waals surface area contributed by atoms with Crippen molar-refractivity contribution in [2.45, 2.75) is 277 Å². The largest absolute Gasteiger partial charge is 0.491 e. The number of aromatic nitrogens is 1. The van der Waals surface area contributed by atoms with Crippen LogP contribution in [-0.4, -0.2) is 155 Å². The number of carbonyl (C=O) groups excluding carboxylic acids is 3. The van der Waals surface area contributed by atoms with Crippen LogP contribution in [0.15, 0.2) is 12.1 Å². The Labute approximate surface area is 564 Å². The van der Waals surface area contributed by atoms with Crippen LogP contribution in [0.1, 0.15) is 269 Å². The number of nitrogens with zero attached hydrogens (tertiary/aromatic N) is 3. The molecule has 7 N–H and O–H groups in total. The molecule has 0 aliphatic rings. The zero-order valence-electron chi connectivity index (χ0n) is 57.5. The molecular formula is C74H118N6O14. The number of rotatable bonds is 62. The first-order valence-corrected chi connectivity index (χ1v) is 35.6. The number of nitrogens with one attached hydrogen (secondary N) is 3. The maximum absolute atomic E-state index is 13.5. The molecule has 0 spiro atoms. The fourth-order valence-corrected chi connectivity index (χ4v) is 10.4. The molecule has 1 aromatic heterocycles. The summed E-state index contributed by atoms with van der Waals surface area (Å²) in [5.74, 6) is 19.0. The summed E-state index contributed by atoms with van der Waals surface area (Å²) in [5, 5.41) is 45.8. The molecule has 0 aliphatic carbocycles. The molecule has 0 saturated carbocycles. The van der Waals surface area contributed by atoms with E-state index in [9.17, 15) is 54.0 Å². The molecule has 0 radical (unpaired) electrons. The molecule has 1 aromatic rings. The molecule has 1 heterocycles. The molecule has 0 bridgehead atoms. The highest BCUT2D eigenvalue weighted by Crippen LogP contribution is 2.19. The quantitative estimate of drug-likeness (QED) is 0.0236. The van der Waals surface area contributed by atoms with Crippen molar-refractivity contribution in [3.8, 4) is 53.1 Å². The van der Waals surface area contributed by atoms with Crippen molar-refractivity contribution in [2.75, 3.05) is 72.3 Å². The van der Waals surface area contributed by atoms with E-state index in [1.807, 2.05) is 0 Å². The molecule has 0 saturated heterocycles. The fourth-order valence-electron chi connectivity index (χ4n) is 10.4. The molecule has 3 amide bonds. The zero-order valence-corrected chi connectivity index (χ0v) is 57.5. The lowest BCUT2D eigenvalue weighted by atomic mass is 10.1. The van der Waals surface area contributed by atoms with E-state index in [0.717, 1.165) is 113 Å². The summed E-state index contributed by atoms with van der Waals surface area (Å²) >= 11 is 0. The SMILES string of the molecule is CCCCCCCCCCCCC#CC#CCCCCCCCCC(=O)NCC(NC(=O)CCCCCCCCC#CC#CCCCCCCCCCCCC)C(=O)NCCOCCOCCOc1cc(CN(CC(=O)O)CC(=O)O)nc(CN(CC(=O)O)CC(=O)O)c1. The minimum atomic E-state index is -1.26. The van der Waals surface area contributed by atoms with Gasteiger partial charge < -0.3 is 50.6 Å². The van der Waals surface area contributed by atoms with Crippen molar-refractivity contribution < 1.29 is 68.2 Å². The van der Waals surface area contributed by atoms with Crippen LogP contribution in [0.5, 0.6) is 5.75 Å². The predicted octanol–water partition coefficient (Wildman–Crippen LogP) is 12.0. The van der Waals surface area contributed by atoms with Crippen LogP contribution in [0, 0.1) is 47.4 Å². The molecule has 1 unspecified atom stereocenters. The molecule has 0 aliphatic heterocycles. The Balaban J connectivity index is 2.61. The molecule has 1 atom stereocenters. The van der Waals surface area contributed by atoms with Crippen molar-refractivity contribution >= 4 is 41.6 Å². The Bertz CT molecular complexity index is 2390. The number of hydrogen-bond acceptors (Lipinski definition) is 13. The second kappa shape index (κ2) is 62.4. The van der Waals surface area contributed by atoms with Gasteiger partial charge in [-0.05, 0) is 62.2 Å². The first-order chi connectivity index (χ1) is 45.7. The lowest BCUT2D eigenvalue weighted by Crippen LogP contribution is -2.53. The van der Waals surface area contributed by atoms with E-state index in [0.29, 0.717) is 19.3 Å². The summed E-state index contributed by atoms with van der Waals surface area (Å²) in [6, 6.07) is 1.95. The van der Waals surface area contributed by atoms with Crippen molar-refractivity contribution in [3.63, 3.8) is 0 Å². The summed E-state index contributed by atoms with van der Waals surface area (Å²) in [4.78, 5) is 92.0. The smallest absolute Gasteiger partial charge is 0.317 e. The Morgan fingerprint density at radius 3 is 1.13 bits per heavy atom. The molecule has 0 aromatic carbocycles. The van der Waals surface area contributed by atoms with Crippen LogP contribution >= 0.6 is 0 Å². The van der Waals surface area contributed by atoms with Crippen molar-refractivity contribution in [1.29, 1.82) is 0 Å². The fraction of sp³-hybridized carbons (Fsp3) is 0.730. The van der Waals surface area contributed by atoms with E-state index < -0.39 is 62.0 Å². The predicted molar refractivity (Wildman–Crippen MR) is 368 cm³/mol. The van der Waals surface area contributed by atoms with Crippen LogP contribution in [0.4, 0.5) is 0 Å². The van der Waals surface area contributed by atoms with Gasteiger partial charge in [0.15, 0.2) is 0 Å². The second-order valence-electron chi connectivity index (χ2n) is 24.3. The van der Waals surface area contributed by atoms with E-state index in [1.54, 1.807) is 0 Å². The molecule has 0 fully saturated rings. The number of hydrogen-bond donors (Lipinski definition) is 7. The van der Waals surface area contributed by atoms with Gasteiger partial charge in [-0.2, -0.15) is 0 Å². The van der Waals surface area contributed by atoms with E-state index in [1.165, 1.54) is 128 Å². The lowest BCUT2D eigenvalue weighted by molar-refractivity contribution is -0.144. The van der Waals surface area contributed by atoms with Crippen molar-refractivity contribution in [3.05, 3.63) is 23.5 Å². The van der Waals surface area contributed by atoms with Gasteiger partial charge >= 0.3 is 23.9 Å². The summed E-state index contributed by atoms with van der Waals surface area (Å²) in [6.07, 6.45) is 41.8. The van der Waals surface area contributed by atoms with Crippen molar-refractivity contribution in [2.24, 2.45) is 0 Å². The number of ether oxygens (including phenoxy) is 3. The normalized spacial score (nSPS) is 11.1. The van der Waals surface area contributed by atoms with Gasteiger partial charge in [0.05, 0.1) is 64.0 Å². The highest BCUT2D eigenvalue weighted by Gasteiger charge is 2.22. The average molecular weight is 1320 g/mol. The molecule has 1 rings (SSSR count). The number of pyridine rings is 1.